The Balaban J connectivity index is 1.73. The molecule has 130 valence electrons. The highest BCUT2D eigenvalue weighted by Gasteiger charge is 2.15. The number of benzene rings is 2. The zero-order valence-corrected chi connectivity index (χ0v) is 15.2. The standard InChI is InChI=1S/C19H14ClN3O2S/c20-14-8-6-13(7-9-14)17-12-16(23-25-17)19(24)22-15-4-1-2-5-18(15)26-11-3-10-21/h1-2,4-9,12H,3,11H2,(H,22,24). The Hall–Kier alpha value is -2.75. The van der Waals surface area contributed by atoms with Crippen LogP contribution in [0, 0.1) is 11.3 Å². The van der Waals surface area contributed by atoms with E-state index in [1.54, 1.807) is 30.3 Å². The highest BCUT2D eigenvalue weighted by molar-refractivity contribution is 7.99. The molecule has 1 heterocycles. The first-order valence-corrected chi connectivity index (χ1v) is 9.16. The molecular weight excluding hydrogens is 370 g/mol. The van der Waals surface area contributed by atoms with Crippen LogP contribution in [0.3, 0.4) is 0 Å². The lowest BCUT2D eigenvalue weighted by Crippen LogP contribution is -2.12. The average Bonchev–Trinajstić information content (AvgIpc) is 3.14. The summed E-state index contributed by atoms with van der Waals surface area (Å²) in [6.07, 6.45) is 0.445. The van der Waals surface area contributed by atoms with E-state index < -0.39 is 0 Å². The molecule has 0 aliphatic rings. The molecule has 0 saturated heterocycles. The molecule has 5 nitrogen and oxygen atoms in total. The minimum atomic E-state index is -0.359. The normalized spacial score (nSPS) is 10.3. The quantitative estimate of drug-likeness (QED) is 0.464. The first kappa shape index (κ1) is 18.1. The topological polar surface area (TPSA) is 78.9 Å². The number of carbonyl (C=O) groups excluding carboxylic acids is 1. The van der Waals surface area contributed by atoms with Gasteiger partial charge in [-0.05, 0) is 36.4 Å². The summed E-state index contributed by atoms with van der Waals surface area (Å²) in [5.74, 6) is 0.791. The molecule has 7 heteroatoms. The Morgan fingerprint density at radius 2 is 2.00 bits per heavy atom. The van der Waals surface area contributed by atoms with Crippen LogP contribution in [0.1, 0.15) is 16.9 Å². The van der Waals surface area contributed by atoms with E-state index in [1.807, 2.05) is 24.3 Å². The second-order valence-corrected chi connectivity index (χ2v) is 6.86. The van der Waals surface area contributed by atoms with E-state index in [0.29, 0.717) is 28.6 Å². The number of nitrogens with one attached hydrogen (secondary N) is 1. The molecule has 0 fully saturated rings. The molecule has 26 heavy (non-hydrogen) atoms. The van der Waals surface area contributed by atoms with Crippen molar-refractivity contribution in [1.82, 2.24) is 5.16 Å². The molecule has 1 amide bonds. The molecule has 0 unspecified atom stereocenters. The summed E-state index contributed by atoms with van der Waals surface area (Å²) >= 11 is 7.39. The summed E-state index contributed by atoms with van der Waals surface area (Å²) in [6, 6.07) is 18.2. The number of anilines is 1. The first-order chi connectivity index (χ1) is 12.7. The van der Waals surface area contributed by atoms with Gasteiger partial charge in [0.15, 0.2) is 11.5 Å². The van der Waals surface area contributed by atoms with Crippen molar-refractivity contribution in [3.05, 3.63) is 65.3 Å². The lowest BCUT2D eigenvalue weighted by Gasteiger charge is -2.08. The maximum absolute atomic E-state index is 12.5. The zero-order valence-electron chi connectivity index (χ0n) is 13.6. The van der Waals surface area contributed by atoms with Crippen LogP contribution in [-0.4, -0.2) is 16.8 Å². The second kappa shape index (κ2) is 8.56. The van der Waals surface area contributed by atoms with Gasteiger partial charge >= 0.3 is 0 Å². The summed E-state index contributed by atoms with van der Waals surface area (Å²) < 4.78 is 5.26. The van der Waals surface area contributed by atoms with Gasteiger partial charge in [-0.15, -0.1) is 11.8 Å². The lowest BCUT2D eigenvalue weighted by atomic mass is 10.1. The van der Waals surface area contributed by atoms with Gasteiger partial charge in [0.1, 0.15) is 0 Å². The van der Waals surface area contributed by atoms with E-state index in [9.17, 15) is 4.79 Å². The van der Waals surface area contributed by atoms with E-state index in [1.165, 1.54) is 11.8 Å². The van der Waals surface area contributed by atoms with Gasteiger partial charge in [-0.25, -0.2) is 0 Å². The van der Waals surface area contributed by atoms with E-state index in [4.69, 9.17) is 21.4 Å². The number of thioether (sulfide) groups is 1. The molecule has 0 aliphatic heterocycles. The number of carbonyl (C=O) groups is 1. The van der Waals surface area contributed by atoms with Crippen LogP contribution in [0.4, 0.5) is 5.69 Å². The van der Waals surface area contributed by atoms with Gasteiger partial charge in [-0.2, -0.15) is 5.26 Å². The first-order valence-electron chi connectivity index (χ1n) is 7.80. The number of rotatable bonds is 6. The van der Waals surface area contributed by atoms with Crippen LogP contribution in [0.2, 0.25) is 5.02 Å². The largest absolute Gasteiger partial charge is 0.355 e. The number of hydrogen-bond acceptors (Lipinski definition) is 5. The maximum atomic E-state index is 12.5. The smallest absolute Gasteiger partial charge is 0.277 e. The summed E-state index contributed by atoms with van der Waals surface area (Å²) in [5, 5.41) is 16.0. The van der Waals surface area contributed by atoms with E-state index in [2.05, 4.69) is 16.5 Å². The van der Waals surface area contributed by atoms with Gasteiger partial charge in [0.2, 0.25) is 0 Å². The number of amides is 1. The predicted octanol–water partition coefficient (Wildman–Crippen LogP) is 5.25. The number of nitriles is 1. The van der Waals surface area contributed by atoms with E-state index in [-0.39, 0.29) is 11.6 Å². The third kappa shape index (κ3) is 4.45. The molecular formula is C19H14ClN3O2S. The average molecular weight is 384 g/mol. The summed E-state index contributed by atoms with van der Waals surface area (Å²) in [5.41, 5.74) is 1.65. The third-order valence-corrected chi connectivity index (χ3v) is 4.81. The minimum Gasteiger partial charge on any atom is -0.355 e. The number of nitrogens with zero attached hydrogens (tertiary/aromatic N) is 2. The van der Waals surface area contributed by atoms with E-state index in [0.717, 1.165) is 10.5 Å². The van der Waals surface area contributed by atoms with Crippen molar-refractivity contribution < 1.29 is 9.32 Å². The number of aromatic nitrogens is 1. The van der Waals surface area contributed by atoms with Gasteiger partial charge < -0.3 is 9.84 Å². The van der Waals surface area contributed by atoms with Gasteiger partial charge in [0, 0.05) is 33.7 Å². The molecule has 1 N–H and O–H groups in total. The number of para-hydroxylation sites is 1. The van der Waals surface area contributed by atoms with Crippen LogP contribution in [-0.2, 0) is 0 Å². The summed E-state index contributed by atoms with van der Waals surface area (Å²) in [4.78, 5) is 13.4. The van der Waals surface area contributed by atoms with Crippen molar-refractivity contribution in [2.75, 3.05) is 11.1 Å². The van der Waals surface area contributed by atoms with Crippen LogP contribution < -0.4 is 5.32 Å². The van der Waals surface area contributed by atoms with Gasteiger partial charge in [-0.1, -0.05) is 28.9 Å². The van der Waals surface area contributed by atoms with Crippen LogP contribution in [0.5, 0.6) is 0 Å². The van der Waals surface area contributed by atoms with Crippen LogP contribution in [0.15, 0.2) is 64.0 Å². The Morgan fingerprint density at radius 1 is 1.23 bits per heavy atom. The van der Waals surface area contributed by atoms with Crippen LogP contribution >= 0.6 is 23.4 Å². The molecule has 1 aromatic heterocycles. The fourth-order valence-corrected chi connectivity index (χ4v) is 3.21. The van der Waals surface area contributed by atoms with Crippen molar-refractivity contribution in [3.8, 4) is 17.4 Å². The second-order valence-electron chi connectivity index (χ2n) is 5.29. The molecule has 0 saturated carbocycles. The molecule has 0 spiro atoms. The number of halogens is 1. The Kier molecular flexibility index (Phi) is 5.95. The Bertz CT molecular complexity index is 948. The lowest BCUT2D eigenvalue weighted by molar-refractivity contribution is 0.101. The van der Waals surface area contributed by atoms with Crippen molar-refractivity contribution in [2.24, 2.45) is 0 Å². The van der Waals surface area contributed by atoms with Gasteiger partial charge in [0.25, 0.3) is 5.91 Å². The van der Waals surface area contributed by atoms with Crippen LogP contribution in [0.25, 0.3) is 11.3 Å². The zero-order chi connectivity index (χ0) is 18.4. The summed E-state index contributed by atoms with van der Waals surface area (Å²) in [7, 11) is 0. The molecule has 2 aromatic carbocycles. The third-order valence-electron chi connectivity index (χ3n) is 3.48. The van der Waals surface area contributed by atoms with Crippen molar-refractivity contribution in [3.63, 3.8) is 0 Å². The highest BCUT2D eigenvalue weighted by Crippen LogP contribution is 2.28. The SMILES string of the molecule is N#CCCSc1ccccc1NC(=O)c1cc(-c2ccc(Cl)cc2)on1. The van der Waals surface area contributed by atoms with Gasteiger partial charge in [0.05, 0.1) is 11.8 Å². The van der Waals surface area contributed by atoms with Crippen molar-refractivity contribution in [1.29, 1.82) is 5.26 Å². The fourth-order valence-electron chi connectivity index (χ4n) is 2.22. The molecule has 0 bridgehead atoms. The monoisotopic (exact) mass is 383 g/mol. The molecule has 3 rings (SSSR count). The van der Waals surface area contributed by atoms with E-state index >= 15 is 0 Å². The summed E-state index contributed by atoms with van der Waals surface area (Å²) in [6.45, 7) is 0. The molecule has 0 atom stereocenters. The molecule has 3 aromatic rings. The Morgan fingerprint density at radius 3 is 2.77 bits per heavy atom. The van der Waals surface area contributed by atoms with Gasteiger partial charge in [-0.3, -0.25) is 4.79 Å². The highest BCUT2D eigenvalue weighted by atomic mass is 35.5. The molecule has 0 aliphatic carbocycles. The van der Waals surface area contributed by atoms with Crippen molar-refractivity contribution in [2.45, 2.75) is 11.3 Å². The maximum Gasteiger partial charge on any atom is 0.277 e. The number of hydrogen-bond donors (Lipinski definition) is 1. The fraction of sp³-hybridized carbons (Fsp3) is 0.105. The predicted molar refractivity (Wildman–Crippen MR) is 102 cm³/mol. The van der Waals surface area contributed by atoms with Crippen molar-refractivity contribution >= 4 is 35.0 Å². The Labute approximate surface area is 160 Å². The molecule has 0 radical (unpaired) electrons. The minimum absolute atomic E-state index is 0.187.